The number of para-hydroxylation sites is 1. The van der Waals surface area contributed by atoms with E-state index in [0.717, 1.165) is 78.1 Å². The summed E-state index contributed by atoms with van der Waals surface area (Å²) in [5.74, 6) is 1.01. The van der Waals surface area contributed by atoms with Crippen molar-refractivity contribution in [3.05, 3.63) is 83.6 Å². The molecule has 5 nitrogen and oxygen atoms in total. The van der Waals surface area contributed by atoms with E-state index >= 15 is 0 Å². The Morgan fingerprint density at radius 2 is 1.85 bits per heavy atom. The Bertz CT molecular complexity index is 1150. The Kier molecular flexibility index (Phi) is 7.37. The van der Waals surface area contributed by atoms with Crippen molar-refractivity contribution in [3.63, 3.8) is 0 Å². The van der Waals surface area contributed by atoms with Crippen molar-refractivity contribution in [2.24, 2.45) is 0 Å². The van der Waals surface area contributed by atoms with Gasteiger partial charge >= 0.3 is 0 Å². The average Bonchev–Trinajstić information content (AvgIpc) is 3.64. The van der Waals surface area contributed by atoms with Crippen molar-refractivity contribution in [2.75, 3.05) is 19.6 Å². The molecule has 1 amide bonds. The van der Waals surface area contributed by atoms with Crippen molar-refractivity contribution in [1.29, 1.82) is 0 Å². The molecule has 6 heteroatoms. The number of benzene rings is 2. The van der Waals surface area contributed by atoms with Crippen molar-refractivity contribution >= 4 is 27.5 Å². The highest BCUT2D eigenvalue weighted by atomic mass is 32.1. The number of carbonyl (C=O) groups is 1. The van der Waals surface area contributed by atoms with Crippen molar-refractivity contribution < 1.29 is 9.53 Å². The van der Waals surface area contributed by atoms with E-state index in [1.807, 2.05) is 48.5 Å². The predicted octanol–water partition coefficient (Wildman–Crippen LogP) is 5.95. The molecule has 2 aromatic carbocycles. The van der Waals surface area contributed by atoms with E-state index in [-0.39, 0.29) is 5.91 Å². The summed E-state index contributed by atoms with van der Waals surface area (Å²) in [6, 6.07) is 18.3. The van der Waals surface area contributed by atoms with Gasteiger partial charge < -0.3 is 15.0 Å². The summed E-state index contributed by atoms with van der Waals surface area (Å²) in [7, 11) is 0. The summed E-state index contributed by atoms with van der Waals surface area (Å²) in [5, 5.41) is 3.77. The predicted molar refractivity (Wildman–Crippen MR) is 138 cm³/mol. The maximum atomic E-state index is 12.2. The van der Waals surface area contributed by atoms with Crippen LogP contribution in [0.3, 0.4) is 0 Å². The summed E-state index contributed by atoms with van der Waals surface area (Å²) < 4.78 is 7.22. The molecule has 3 aromatic rings. The Labute approximate surface area is 205 Å². The third-order valence-corrected chi connectivity index (χ3v) is 7.33. The van der Waals surface area contributed by atoms with E-state index in [9.17, 15) is 4.79 Å². The molecule has 1 heterocycles. The lowest BCUT2D eigenvalue weighted by Crippen LogP contribution is -2.32. The zero-order chi connectivity index (χ0) is 23.2. The highest BCUT2D eigenvalue weighted by Crippen LogP contribution is 2.32. The third-order valence-electron chi connectivity index (χ3n) is 6.42. The van der Waals surface area contributed by atoms with E-state index in [4.69, 9.17) is 4.74 Å². The summed E-state index contributed by atoms with van der Waals surface area (Å²) in [6.07, 6.45) is 11.0. The molecule has 0 unspecified atom stereocenters. The number of amides is 1. The van der Waals surface area contributed by atoms with Gasteiger partial charge in [-0.1, -0.05) is 53.3 Å². The molecule has 0 atom stereocenters. The van der Waals surface area contributed by atoms with Crippen molar-refractivity contribution in [3.8, 4) is 5.19 Å². The lowest BCUT2D eigenvalue weighted by atomic mass is 10.0. The van der Waals surface area contributed by atoms with Gasteiger partial charge in [0.05, 0.1) is 10.2 Å². The summed E-state index contributed by atoms with van der Waals surface area (Å²) in [4.78, 5) is 19.4. The van der Waals surface area contributed by atoms with Crippen LogP contribution in [0.1, 0.15) is 48.9 Å². The Morgan fingerprint density at radius 1 is 1.03 bits per heavy atom. The van der Waals surface area contributed by atoms with Crippen LogP contribution < -0.4 is 10.1 Å². The molecule has 1 fully saturated rings. The Balaban J connectivity index is 1.06. The van der Waals surface area contributed by atoms with Gasteiger partial charge in [-0.3, -0.25) is 4.79 Å². The molecule has 0 bridgehead atoms. The van der Waals surface area contributed by atoms with Gasteiger partial charge in [-0.15, -0.1) is 0 Å². The molecular weight excluding hydrogens is 442 g/mol. The lowest BCUT2D eigenvalue weighted by Gasteiger charge is -2.23. The van der Waals surface area contributed by atoms with Gasteiger partial charge in [0, 0.05) is 37.7 Å². The molecule has 1 saturated carbocycles. The highest BCUT2D eigenvalue weighted by molar-refractivity contribution is 7.20. The monoisotopic (exact) mass is 473 g/mol. The number of carbonyl (C=O) groups excluding carboxylic acids is 1. The second-order valence-electron chi connectivity index (χ2n) is 9.00. The quantitative estimate of drug-likeness (QED) is 0.350. The first-order valence-corrected chi connectivity index (χ1v) is 13.1. The van der Waals surface area contributed by atoms with Gasteiger partial charge in [0.1, 0.15) is 5.76 Å². The van der Waals surface area contributed by atoms with Crippen LogP contribution in [0.25, 0.3) is 10.2 Å². The van der Waals surface area contributed by atoms with Crippen LogP contribution in [0.5, 0.6) is 5.19 Å². The normalized spacial score (nSPS) is 15.8. The number of nitrogens with one attached hydrogen (secondary N) is 1. The molecule has 0 radical (unpaired) electrons. The fraction of sp³-hybridized carbons (Fsp3) is 0.357. The van der Waals surface area contributed by atoms with E-state index in [2.05, 4.69) is 33.4 Å². The lowest BCUT2D eigenvalue weighted by molar-refractivity contribution is 0.0951. The largest absolute Gasteiger partial charge is 0.435 e. The summed E-state index contributed by atoms with van der Waals surface area (Å²) in [6.45, 7) is 2.84. The molecule has 1 aromatic heterocycles. The summed E-state index contributed by atoms with van der Waals surface area (Å²) in [5.41, 5.74) is 3.21. The number of nitrogens with zero attached hydrogens (tertiary/aromatic N) is 2. The van der Waals surface area contributed by atoms with Crippen LogP contribution in [0.15, 0.2) is 78.1 Å². The second-order valence-corrected chi connectivity index (χ2v) is 9.99. The number of aromatic nitrogens is 1. The minimum Gasteiger partial charge on any atom is -0.435 e. The molecule has 2 aliphatic rings. The molecule has 0 saturated heterocycles. The number of allylic oxidation sites excluding steroid dienone is 3. The van der Waals surface area contributed by atoms with Gasteiger partial charge in [0.2, 0.25) is 0 Å². The maximum absolute atomic E-state index is 12.2. The zero-order valence-electron chi connectivity index (χ0n) is 19.4. The number of thiazole rings is 1. The van der Waals surface area contributed by atoms with E-state index in [1.54, 1.807) is 11.3 Å². The number of rotatable bonds is 11. The van der Waals surface area contributed by atoms with Crippen molar-refractivity contribution in [2.45, 2.75) is 44.6 Å². The van der Waals surface area contributed by atoms with Crippen LogP contribution in [-0.4, -0.2) is 41.5 Å². The fourth-order valence-electron chi connectivity index (χ4n) is 4.34. The molecule has 0 aliphatic heterocycles. The van der Waals surface area contributed by atoms with Crippen LogP contribution in [0.4, 0.5) is 0 Å². The van der Waals surface area contributed by atoms with Crippen LogP contribution in [0, 0.1) is 0 Å². The molecule has 2 aliphatic carbocycles. The molecule has 176 valence electrons. The first-order chi connectivity index (χ1) is 16.7. The Hall–Kier alpha value is -2.96. The Morgan fingerprint density at radius 3 is 2.62 bits per heavy atom. The molecule has 0 spiro atoms. The first kappa shape index (κ1) is 22.8. The van der Waals surface area contributed by atoms with Gasteiger partial charge in [0.15, 0.2) is 0 Å². The number of hydrogen-bond donors (Lipinski definition) is 1. The fourth-order valence-corrected chi connectivity index (χ4v) is 5.19. The second kappa shape index (κ2) is 11.0. The molecule has 5 rings (SSSR count). The highest BCUT2D eigenvalue weighted by Gasteiger charge is 2.28. The number of ether oxygens (including phenoxy) is 1. The zero-order valence-corrected chi connectivity index (χ0v) is 20.2. The molecular formula is C28H31N3O2S. The maximum Gasteiger partial charge on any atom is 0.279 e. The first-order valence-electron chi connectivity index (χ1n) is 12.2. The molecule has 34 heavy (non-hydrogen) atoms. The van der Waals surface area contributed by atoms with E-state index < -0.39 is 0 Å². The van der Waals surface area contributed by atoms with E-state index in [0.29, 0.717) is 0 Å². The minimum atomic E-state index is 0.0154. The molecule has 1 N–H and O–H groups in total. The van der Waals surface area contributed by atoms with Crippen LogP contribution in [-0.2, 0) is 0 Å². The summed E-state index contributed by atoms with van der Waals surface area (Å²) >= 11 is 1.60. The van der Waals surface area contributed by atoms with E-state index in [1.165, 1.54) is 18.4 Å². The van der Waals surface area contributed by atoms with Crippen molar-refractivity contribution in [1.82, 2.24) is 15.2 Å². The number of fused-ring (bicyclic) bond motifs is 1. The van der Waals surface area contributed by atoms with Crippen LogP contribution in [0.2, 0.25) is 0 Å². The van der Waals surface area contributed by atoms with Gasteiger partial charge in [0.25, 0.3) is 11.1 Å². The standard InChI is InChI=1S/C28H31N3O2S/c32-27(22-7-2-1-3-8-22)29-18-6-19-31(23-13-14-23)20-17-21-11-15-24(16-12-21)33-28-30-25-9-4-5-10-26(25)34-28/h1-5,7-11,15,23H,6,12-14,16-20H2,(H,29,32). The average molecular weight is 474 g/mol. The SMILES string of the molecule is O=C(NCCCN(CCC1=CC=C(Oc2nc3ccccc3s2)CC1)C1CC1)c1ccccc1. The van der Waals surface area contributed by atoms with Crippen LogP contribution >= 0.6 is 11.3 Å². The van der Waals surface area contributed by atoms with Gasteiger partial charge in [-0.2, -0.15) is 0 Å². The number of hydrogen-bond acceptors (Lipinski definition) is 5. The third kappa shape index (κ3) is 6.13. The van der Waals surface area contributed by atoms with Gasteiger partial charge in [-0.25, -0.2) is 4.98 Å². The smallest absolute Gasteiger partial charge is 0.279 e. The minimum absolute atomic E-state index is 0.0154. The van der Waals surface area contributed by atoms with Gasteiger partial charge in [-0.05, 0) is 62.4 Å². The topological polar surface area (TPSA) is 54.5 Å².